The number of hydrogen-bond donors (Lipinski definition) is 2. The van der Waals surface area contributed by atoms with Crippen molar-refractivity contribution in [1.29, 1.82) is 5.26 Å². The van der Waals surface area contributed by atoms with Crippen LogP contribution in [0.5, 0.6) is 11.6 Å². The van der Waals surface area contributed by atoms with Crippen molar-refractivity contribution >= 4 is 0 Å². The Balaban J connectivity index is 2.01. The molecule has 0 spiro atoms. The van der Waals surface area contributed by atoms with Crippen LogP contribution in [0.15, 0.2) is 36.7 Å². The van der Waals surface area contributed by atoms with Crippen molar-refractivity contribution in [1.82, 2.24) is 19.7 Å². The number of nitrogens with zero attached hydrogens (tertiary/aromatic N) is 5. The molecule has 3 N–H and O–H groups in total. The molecule has 8 nitrogen and oxygen atoms in total. The Labute approximate surface area is 169 Å². The van der Waals surface area contributed by atoms with Crippen LogP contribution in [-0.4, -0.2) is 31.4 Å². The molecule has 0 saturated heterocycles. The van der Waals surface area contributed by atoms with E-state index in [1.807, 2.05) is 6.07 Å². The third-order valence-electron chi connectivity index (χ3n) is 4.45. The molecule has 3 rings (SSSR count). The first kappa shape index (κ1) is 20.5. The smallest absolute Gasteiger partial charge is 0.217 e. The molecule has 0 aliphatic rings. The molecular weight excluding hydrogens is 368 g/mol. The Morgan fingerprint density at radius 2 is 1.93 bits per heavy atom. The van der Waals surface area contributed by atoms with Gasteiger partial charge in [0, 0.05) is 43.0 Å². The summed E-state index contributed by atoms with van der Waals surface area (Å²) in [6, 6.07) is 9.06. The maximum atomic E-state index is 9.83. The summed E-state index contributed by atoms with van der Waals surface area (Å²) >= 11 is 0. The monoisotopic (exact) mass is 392 g/mol. The highest BCUT2D eigenvalue weighted by Gasteiger charge is 2.21. The minimum Gasteiger partial charge on any atom is -0.438 e. The van der Waals surface area contributed by atoms with Gasteiger partial charge in [0.15, 0.2) is 5.82 Å². The molecule has 2 heterocycles. The minimum absolute atomic E-state index is 0.0878. The third-order valence-corrected chi connectivity index (χ3v) is 4.45. The predicted octanol–water partition coefficient (Wildman–Crippen LogP) is 2.83. The second kappa shape index (κ2) is 7.99. The van der Waals surface area contributed by atoms with E-state index < -0.39 is 6.10 Å². The van der Waals surface area contributed by atoms with Gasteiger partial charge in [0.1, 0.15) is 5.75 Å². The summed E-state index contributed by atoms with van der Waals surface area (Å²) < 4.78 is 7.77. The quantitative estimate of drug-likeness (QED) is 0.684. The number of aromatic nitrogens is 4. The average molecular weight is 392 g/mol. The molecule has 0 saturated carbocycles. The number of nitriles is 1. The Bertz CT molecular complexity index is 1040. The van der Waals surface area contributed by atoms with Gasteiger partial charge in [-0.2, -0.15) is 10.4 Å². The second-order valence-electron chi connectivity index (χ2n) is 7.76. The first-order valence-corrected chi connectivity index (χ1v) is 9.20. The van der Waals surface area contributed by atoms with Crippen LogP contribution in [0.4, 0.5) is 0 Å². The highest BCUT2D eigenvalue weighted by Crippen LogP contribution is 2.34. The minimum atomic E-state index is -0.814. The van der Waals surface area contributed by atoms with Gasteiger partial charge in [-0.05, 0) is 18.2 Å². The number of rotatable bonds is 5. The fraction of sp³-hybridized carbons (Fsp3) is 0.333. The zero-order valence-electron chi connectivity index (χ0n) is 16.9. The van der Waals surface area contributed by atoms with Crippen molar-refractivity contribution in [2.75, 3.05) is 6.54 Å². The maximum Gasteiger partial charge on any atom is 0.217 e. The molecule has 8 heteroatoms. The van der Waals surface area contributed by atoms with E-state index in [2.05, 4.69) is 41.9 Å². The molecule has 0 fully saturated rings. The number of ether oxygens (including phenoxy) is 1. The highest BCUT2D eigenvalue weighted by atomic mass is 16.5. The molecule has 150 valence electrons. The van der Waals surface area contributed by atoms with E-state index in [-0.39, 0.29) is 12.0 Å². The predicted molar refractivity (Wildman–Crippen MR) is 108 cm³/mol. The van der Waals surface area contributed by atoms with Crippen LogP contribution in [0.1, 0.15) is 43.7 Å². The van der Waals surface area contributed by atoms with Crippen molar-refractivity contribution < 1.29 is 9.84 Å². The van der Waals surface area contributed by atoms with E-state index in [0.717, 1.165) is 5.69 Å². The van der Waals surface area contributed by atoms with Crippen LogP contribution in [0.3, 0.4) is 0 Å². The Morgan fingerprint density at radius 1 is 1.24 bits per heavy atom. The van der Waals surface area contributed by atoms with Gasteiger partial charge in [-0.15, -0.1) is 0 Å². The lowest BCUT2D eigenvalue weighted by molar-refractivity contribution is 0.186. The highest BCUT2D eigenvalue weighted by molar-refractivity contribution is 5.66. The van der Waals surface area contributed by atoms with Crippen molar-refractivity contribution in [2.24, 2.45) is 12.8 Å². The van der Waals surface area contributed by atoms with Crippen molar-refractivity contribution in [3.05, 3.63) is 53.5 Å². The van der Waals surface area contributed by atoms with Crippen molar-refractivity contribution in [2.45, 2.75) is 32.3 Å². The maximum absolute atomic E-state index is 9.83. The fourth-order valence-electron chi connectivity index (χ4n) is 2.67. The summed E-state index contributed by atoms with van der Waals surface area (Å²) in [6.45, 7) is 6.31. The van der Waals surface area contributed by atoms with Crippen LogP contribution < -0.4 is 10.5 Å². The van der Waals surface area contributed by atoms with Gasteiger partial charge in [0.25, 0.3) is 0 Å². The second-order valence-corrected chi connectivity index (χ2v) is 7.76. The first-order chi connectivity index (χ1) is 13.7. The summed E-state index contributed by atoms with van der Waals surface area (Å²) in [4.78, 5) is 8.66. The molecular formula is C21H24N6O2. The Morgan fingerprint density at radius 3 is 2.48 bits per heavy atom. The van der Waals surface area contributed by atoms with E-state index in [1.54, 1.807) is 29.9 Å². The largest absolute Gasteiger partial charge is 0.438 e. The van der Waals surface area contributed by atoms with E-state index in [4.69, 9.17) is 10.5 Å². The lowest BCUT2D eigenvalue weighted by Crippen LogP contribution is -2.12. The third kappa shape index (κ3) is 4.42. The van der Waals surface area contributed by atoms with Crippen LogP contribution >= 0.6 is 0 Å². The zero-order chi connectivity index (χ0) is 21.2. The normalized spacial score (nSPS) is 12.4. The molecule has 0 aliphatic carbocycles. The zero-order valence-corrected chi connectivity index (χ0v) is 16.9. The summed E-state index contributed by atoms with van der Waals surface area (Å²) in [5.74, 6) is 1.40. The molecule has 1 atom stereocenters. The lowest BCUT2D eigenvalue weighted by Gasteiger charge is -2.13. The molecule has 0 radical (unpaired) electrons. The molecule has 3 aromatic rings. The number of aliphatic hydroxyl groups is 1. The topological polar surface area (TPSA) is 123 Å². The van der Waals surface area contributed by atoms with Gasteiger partial charge >= 0.3 is 0 Å². The van der Waals surface area contributed by atoms with E-state index in [1.165, 1.54) is 12.4 Å². The summed E-state index contributed by atoms with van der Waals surface area (Å²) in [6.07, 6.45) is 2.25. The fourth-order valence-corrected chi connectivity index (χ4v) is 2.67. The van der Waals surface area contributed by atoms with Crippen LogP contribution in [0.25, 0.3) is 11.4 Å². The summed E-state index contributed by atoms with van der Waals surface area (Å²) in [5, 5.41) is 23.6. The molecule has 29 heavy (non-hydrogen) atoms. The molecule has 2 aromatic heterocycles. The number of nitrogens with two attached hydrogens (primary N) is 1. The van der Waals surface area contributed by atoms with E-state index in [9.17, 15) is 10.4 Å². The molecule has 0 unspecified atom stereocenters. The SMILES string of the molecule is Cn1nc(C(C)(C)C)cc1Oc1cc(C#N)ccc1-c1ncc([C@H](O)CN)cn1. The summed E-state index contributed by atoms with van der Waals surface area (Å²) in [7, 11) is 1.80. The molecule has 1 aromatic carbocycles. The number of benzene rings is 1. The van der Waals surface area contributed by atoms with Gasteiger partial charge in [-0.1, -0.05) is 20.8 Å². The number of hydrogen-bond acceptors (Lipinski definition) is 7. The summed E-state index contributed by atoms with van der Waals surface area (Å²) in [5.41, 5.74) is 7.86. The molecule has 0 aliphatic heterocycles. The number of aryl methyl sites for hydroxylation is 1. The molecule has 0 bridgehead atoms. The Kier molecular flexibility index (Phi) is 5.64. The van der Waals surface area contributed by atoms with Gasteiger partial charge in [-0.25, -0.2) is 14.6 Å². The lowest BCUT2D eigenvalue weighted by atomic mass is 9.93. The first-order valence-electron chi connectivity index (χ1n) is 9.20. The Hall–Kier alpha value is -3.28. The van der Waals surface area contributed by atoms with Crippen LogP contribution in [0, 0.1) is 11.3 Å². The van der Waals surface area contributed by atoms with E-state index >= 15 is 0 Å². The standard InChI is InChI=1S/C21H24N6O2/c1-21(2,3)18-8-19(27(4)26-18)29-17-7-13(9-22)5-6-15(17)20-24-11-14(12-25-20)16(28)10-23/h5-8,11-12,16,28H,10,23H2,1-4H3/t16-/m1/s1. The van der Waals surface area contributed by atoms with Gasteiger partial charge in [-0.3, -0.25) is 0 Å². The van der Waals surface area contributed by atoms with Gasteiger partial charge in [0.05, 0.1) is 29.0 Å². The van der Waals surface area contributed by atoms with E-state index in [0.29, 0.717) is 34.1 Å². The molecule has 0 amide bonds. The van der Waals surface area contributed by atoms with Gasteiger partial charge in [0.2, 0.25) is 5.88 Å². The van der Waals surface area contributed by atoms with Crippen LogP contribution in [0.2, 0.25) is 0 Å². The van der Waals surface area contributed by atoms with Gasteiger partial charge < -0.3 is 15.6 Å². The van der Waals surface area contributed by atoms with Crippen molar-refractivity contribution in [3.8, 4) is 29.1 Å². The number of aliphatic hydroxyl groups excluding tert-OH is 1. The average Bonchev–Trinajstić information content (AvgIpc) is 3.08. The van der Waals surface area contributed by atoms with Crippen LogP contribution in [-0.2, 0) is 12.5 Å². The van der Waals surface area contributed by atoms with Crippen molar-refractivity contribution in [3.63, 3.8) is 0 Å².